The third kappa shape index (κ3) is 2.28. The Balaban J connectivity index is 1.86. The van der Waals surface area contributed by atoms with Gasteiger partial charge in [0.2, 0.25) is 5.65 Å². The molecule has 0 fully saturated rings. The lowest BCUT2D eigenvalue weighted by Crippen LogP contribution is -2.26. The number of imidazole rings is 1. The van der Waals surface area contributed by atoms with Gasteiger partial charge in [0.1, 0.15) is 0 Å². The van der Waals surface area contributed by atoms with Crippen LogP contribution in [0, 0.1) is 0 Å². The SMILES string of the molecule is CC1(CCCCC(=O)O)c2ccccc2-c2[nH]c(=O)c3nccn3c21. The number of unbranched alkanes of at least 4 members (excludes halogenated alkanes) is 1. The predicted octanol–water partition coefficient (Wildman–Crippen LogP) is 2.95. The normalized spacial score (nSPS) is 18.3. The minimum atomic E-state index is -0.765. The van der Waals surface area contributed by atoms with Crippen LogP contribution in [0.5, 0.6) is 0 Å². The Morgan fingerprint density at radius 3 is 2.92 bits per heavy atom. The van der Waals surface area contributed by atoms with Gasteiger partial charge in [-0.15, -0.1) is 0 Å². The Bertz CT molecular complexity index is 1030. The van der Waals surface area contributed by atoms with Crippen molar-refractivity contribution in [2.45, 2.75) is 38.0 Å². The molecular weight excluding hydrogens is 318 g/mol. The predicted molar refractivity (Wildman–Crippen MR) is 93.8 cm³/mol. The van der Waals surface area contributed by atoms with Crippen molar-refractivity contribution in [3.8, 4) is 11.3 Å². The van der Waals surface area contributed by atoms with Gasteiger partial charge in [0.25, 0.3) is 5.56 Å². The van der Waals surface area contributed by atoms with Crippen molar-refractivity contribution < 1.29 is 9.90 Å². The zero-order chi connectivity index (χ0) is 17.6. The van der Waals surface area contributed by atoms with E-state index in [1.807, 2.05) is 28.8 Å². The number of nitrogens with one attached hydrogen (secondary N) is 1. The molecule has 0 amide bonds. The summed E-state index contributed by atoms with van der Waals surface area (Å²) in [6.07, 6.45) is 5.88. The van der Waals surface area contributed by atoms with Gasteiger partial charge < -0.3 is 10.1 Å². The van der Waals surface area contributed by atoms with Gasteiger partial charge in [-0.3, -0.25) is 14.0 Å². The number of nitrogens with zero attached hydrogens (tertiary/aromatic N) is 2. The average molecular weight is 337 g/mol. The van der Waals surface area contributed by atoms with Crippen molar-refractivity contribution in [1.29, 1.82) is 0 Å². The Morgan fingerprint density at radius 2 is 2.12 bits per heavy atom. The number of rotatable bonds is 5. The highest BCUT2D eigenvalue weighted by Crippen LogP contribution is 2.49. The van der Waals surface area contributed by atoms with Gasteiger partial charge >= 0.3 is 5.97 Å². The summed E-state index contributed by atoms with van der Waals surface area (Å²) in [7, 11) is 0. The second-order valence-corrected chi connectivity index (χ2v) is 6.78. The van der Waals surface area contributed by atoms with Crippen LogP contribution in [0.2, 0.25) is 0 Å². The lowest BCUT2D eigenvalue weighted by molar-refractivity contribution is -0.137. The maximum absolute atomic E-state index is 12.4. The summed E-state index contributed by atoms with van der Waals surface area (Å²) in [6.45, 7) is 2.16. The fourth-order valence-corrected chi connectivity index (χ4v) is 4.06. The fourth-order valence-electron chi connectivity index (χ4n) is 4.06. The number of fused-ring (bicyclic) bond motifs is 5. The zero-order valence-electron chi connectivity index (χ0n) is 14.0. The van der Waals surface area contributed by atoms with Gasteiger partial charge in [0.05, 0.1) is 11.4 Å². The fraction of sp³-hybridized carbons (Fsp3) is 0.316. The van der Waals surface area contributed by atoms with Crippen LogP contribution in [0.15, 0.2) is 41.5 Å². The summed E-state index contributed by atoms with van der Waals surface area (Å²) in [5, 5.41) is 8.88. The monoisotopic (exact) mass is 337 g/mol. The zero-order valence-corrected chi connectivity index (χ0v) is 14.0. The molecular formula is C19H19N3O3. The minimum Gasteiger partial charge on any atom is -0.481 e. The van der Waals surface area contributed by atoms with E-state index in [2.05, 4.69) is 23.0 Å². The van der Waals surface area contributed by atoms with Crippen molar-refractivity contribution in [2.75, 3.05) is 0 Å². The summed E-state index contributed by atoms with van der Waals surface area (Å²) in [5.74, 6) is -0.765. The van der Waals surface area contributed by atoms with E-state index in [4.69, 9.17) is 5.11 Å². The van der Waals surface area contributed by atoms with Crippen LogP contribution < -0.4 is 5.56 Å². The van der Waals surface area contributed by atoms with Crippen LogP contribution in [0.4, 0.5) is 0 Å². The number of carboxylic acids is 1. The molecule has 0 spiro atoms. The first-order chi connectivity index (χ1) is 12.0. The number of aliphatic carboxylic acids is 1. The first kappa shape index (κ1) is 15.6. The van der Waals surface area contributed by atoms with Crippen LogP contribution in [0.1, 0.15) is 43.9 Å². The van der Waals surface area contributed by atoms with Gasteiger partial charge in [0.15, 0.2) is 0 Å². The molecule has 0 saturated carbocycles. The smallest absolute Gasteiger partial charge is 0.303 e. The number of carboxylic acid groups (broad SMARTS) is 1. The Labute approximate surface area is 144 Å². The van der Waals surface area contributed by atoms with E-state index in [-0.39, 0.29) is 17.4 Å². The van der Waals surface area contributed by atoms with Gasteiger partial charge in [0, 0.05) is 29.8 Å². The molecule has 128 valence electrons. The van der Waals surface area contributed by atoms with Gasteiger partial charge in [-0.2, -0.15) is 0 Å². The molecule has 1 aliphatic carbocycles. The molecule has 1 atom stereocenters. The highest BCUT2D eigenvalue weighted by Gasteiger charge is 2.41. The lowest BCUT2D eigenvalue weighted by atomic mass is 9.78. The van der Waals surface area contributed by atoms with E-state index < -0.39 is 5.97 Å². The summed E-state index contributed by atoms with van der Waals surface area (Å²) in [4.78, 5) is 30.3. The molecule has 3 aromatic rings. The molecule has 0 saturated heterocycles. The molecule has 6 heteroatoms. The number of hydrogen-bond donors (Lipinski definition) is 2. The molecule has 6 nitrogen and oxygen atoms in total. The summed E-state index contributed by atoms with van der Waals surface area (Å²) < 4.78 is 1.88. The highest BCUT2D eigenvalue weighted by molar-refractivity contribution is 5.77. The van der Waals surface area contributed by atoms with Gasteiger partial charge in [-0.05, 0) is 25.3 Å². The van der Waals surface area contributed by atoms with Crippen molar-refractivity contribution in [2.24, 2.45) is 0 Å². The Hall–Kier alpha value is -2.89. The molecule has 1 unspecified atom stereocenters. The maximum Gasteiger partial charge on any atom is 0.303 e. The maximum atomic E-state index is 12.4. The molecule has 0 bridgehead atoms. The van der Waals surface area contributed by atoms with Crippen molar-refractivity contribution >= 4 is 11.6 Å². The number of hydrogen-bond acceptors (Lipinski definition) is 3. The Morgan fingerprint density at radius 1 is 1.32 bits per heavy atom. The first-order valence-corrected chi connectivity index (χ1v) is 8.44. The van der Waals surface area contributed by atoms with Crippen LogP contribution >= 0.6 is 0 Å². The summed E-state index contributed by atoms with van der Waals surface area (Å²) in [5.41, 5.74) is 3.95. The molecule has 25 heavy (non-hydrogen) atoms. The number of aromatic nitrogens is 3. The van der Waals surface area contributed by atoms with E-state index in [1.54, 1.807) is 6.20 Å². The van der Waals surface area contributed by atoms with Gasteiger partial charge in [-0.25, -0.2) is 4.98 Å². The molecule has 2 aromatic heterocycles. The molecule has 4 rings (SSSR count). The first-order valence-electron chi connectivity index (χ1n) is 8.44. The van der Waals surface area contributed by atoms with Crippen LogP contribution in [0.3, 0.4) is 0 Å². The van der Waals surface area contributed by atoms with Crippen molar-refractivity contribution in [3.05, 3.63) is 58.3 Å². The van der Waals surface area contributed by atoms with Crippen LogP contribution in [-0.4, -0.2) is 25.4 Å². The molecule has 1 aliphatic rings. The lowest BCUT2D eigenvalue weighted by Gasteiger charge is -2.27. The second-order valence-electron chi connectivity index (χ2n) is 6.78. The number of H-pyrrole nitrogens is 1. The third-order valence-electron chi connectivity index (χ3n) is 5.19. The van der Waals surface area contributed by atoms with Crippen molar-refractivity contribution in [3.63, 3.8) is 0 Å². The van der Waals surface area contributed by atoms with Crippen molar-refractivity contribution in [1.82, 2.24) is 14.4 Å². The number of carbonyl (C=O) groups is 1. The van der Waals surface area contributed by atoms with E-state index in [9.17, 15) is 9.59 Å². The molecule has 0 aliphatic heterocycles. The highest BCUT2D eigenvalue weighted by atomic mass is 16.4. The Kier molecular flexibility index (Phi) is 3.49. The molecule has 2 N–H and O–H groups in total. The molecule has 0 radical (unpaired) electrons. The topological polar surface area (TPSA) is 87.5 Å². The molecule has 2 heterocycles. The molecule has 1 aromatic carbocycles. The van der Waals surface area contributed by atoms with E-state index in [1.165, 1.54) is 0 Å². The summed E-state index contributed by atoms with van der Waals surface area (Å²) >= 11 is 0. The van der Waals surface area contributed by atoms with E-state index >= 15 is 0 Å². The minimum absolute atomic E-state index is 0.177. The largest absolute Gasteiger partial charge is 0.481 e. The van der Waals surface area contributed by atoms with E-state index in [0.717, 1.165) is 35.4 Å². The van der Waals surface area contributed by atoms with Crippen LogP contribution in [-0.2, 0) is 10.2 Å². The van der Waals surface area contributed by atoms with E-state index in [0.29, 0.717) is 12.1 Å². The van der Waals surface area contributed by atoms with Gasteiger partial charge in [-0.1, -0.05) is 30.7 Å². The quantitative estimate of drug-likeness (QED) is 0.701. The summed E-state index contributed by atoms with van der Waals surface area (Å²) in [6, 6.07) is 8.08. The number of benzene rings is 1. The second kappa shape index (κ2) is 5.58. The number of aromatic amines is 1. The van der Waals surface area contributed by atoms with Crippen LogP contribution in [0.25, 0.3) is 16.9 Å². The standard InChI is InChI=1S/C19H19N3O3/c1-19(9-5-4-8-14(23)24)13-7-3-2-6-12(13)15-16(19)22-11-10-20-17(22)18(25)21-15/h2-3,6-7,10-11H,4-5,8-9H2,1H3,(H,21,25)(H,23,24). The third-order valence-corrected chi connectivity index (χ3v) is 5.19. The average Bonchev–Trinajstić information content (AvgIpc) is 3.16.